The topological polar surface area (TPSA) is 68.5 Å². The maximum absolute atomic E-state index is 12.7. The van der Waals surface area contributed by atoms with Crippen molar-refractivity contribution in [3.8, 4) is 5.75 Å². The molecule has 1 amide bonds. The quantitative estimate of drug-likeness (QED) is 0.674. The predicted molar refractivity (Wildman–Crippen MR) is 106 cm³/mol. The van der Waals surface area contributed by atoms with E-state index in [0.717, 1.165) is 25.7 Å². The smallest absolute Gasteiger partial charge is 0.349 e. The van der Waals surface area contributed by atoms with Crippen molar-refractivity contribution in [2.24, 2.45) is 0 Å². The summed E-state index contributed by atoms with van der Waals surface area (Å²) in [6.45, 7) is 0.526. The number of ether oxygens (including phenoxy) is 1. The molecule has 27 heavy (non-hydrogen) atoms. The standard InChI is InChI=1S/C21H21NO4S/c1-25-17-6-4-5-14-11-16(20(24)26-18(14)17)19(23)22-13-21(8-2-3-9-21)15-7-10-27-12-15/h4-7,10-12H,2-3,8-9,13H2,1H3,(H,22,23). The Hall–Kier alpha value is -2.60. The van der Waals surface area contributed by atoms with Crippen LogP contribution in [0.4, 0.5) is 0 Å². The number of hydrogen-bond acceptors (Lipinski definition) is 5. The summed E-state index contributed by atoms with van der Waals surface area (Å²) in [7, 11) is 1.51. The summed E-state index contributed by atoms with van der Waals surface area (Å²) in [4.78, 5) is 25.1. The number of carbonyl (C=O) groups excluding carboxylic acids is 1. The van der Waals surface area contributed by atoms with Gasteiger partial charge in [-0.1, -0.05) is 25.0 Å². The first-order valence-electron chi connectivity index (χ1n) is 9.05. The molecule has 1 aliphatic rings. The molecule has 0 unspecified atom stereocenters. The van der Waals surface area contributed by atoms with Gasteiger partial charge < -0.3 is 14.5 Å². The molecule has 140 valence electrons. The van der Waals surface area contributed by atoms with E-state index in [4.69, 9.17) is 9.15 Å². The Labute approximate surface area is 161 Å². The molecule has 0 spiro atoms. The van der Waals surface area contributed by atoms with Gasteiger partial charge in [-0.05, 0) is 47.4 Å². The monoisotopic (exact) mass is 383 g/mol. The highest BCUT2D eigenvalue weighted by atomic mass is 32.1. The van der Waals surface area contributed by atoms with Crippen LogP contribution in [0.25, 0.3) is 11.0 Å². The Kier molecular flexibility index (Phi) is 4.74. The van der Waals surface area contributed by atoms with Crippen molar-refractivity contribution < 1.29 is 13.9 Å². The van der Waals surface area contributed by atoms with Crippen molar-refractivity contribution >= 4 is 28.2 Å². The van der Waals surface area contributed by atoms with E-state index in [2.05, 4.69) is 22.1 Å². The normalized spacial score (nSPS) is 15.7. The fraction of sp³-hybridized carbons (Fsp3) is 0.333. The van der Waals surface area contributed by atoms with Gasteiger partial charge in [-0.15, -0.1) is 0 Å². The molecule has 0 saturated heterocycles. The van der Waals surface area contributed by atoms with E-state index >= 15 is 0 Å². The number of thiophene rings is 1. The first-order valence-corrected chi connectivity index (χ1v) is 9.99. The van der Waals surface area contributed by atoms with Gasteiger partial charge in [-0.25, -0.2) is 4.79 Å². The number of hydrogen-bond donors (Lipinski definition) is 1. The Morgan fingerprint density at radius 3 is 2.81 bits per heavy atom. The molecule has 1 aliphatic carbocycles. The van der Waals surface area contributed by atoms with Gasteiger partial charge in [0.2, 0.25) is 0 Å². The molecule has 1 aromatic carbocycles. The van der Waals surface area contributed by atoms with Crippen LogP contribution < -0.4 is 15.7 Å². The second kappa shape index (κ2) is 7.19. The van der Waals surface area contributed by atoms with Crippen LogP contribution >= 0.6 is 11.3 Å². The summed E-state index contributed by atoms with van der Waals surface area (Å²) in [6.07, 6.45) is 4.41. The predicted octanol–water partition coefficient (Wildman–Crippen LogP) is 4.10. The molecule has 2 heterocycles. The van der Waals surface area contributed by atoms with Crippen LogP contribution in [0.5, 0.6) is 5.75 Å². The molecule has 0 aliphatic heterocycles. The summed E-state index contributed by atoms with van der Waals surface area (Å²) in [5, 5.41) is 7.87. The number of para-hydroxylation sites is 1. The Bertz CT molecular complexity index is 1020. The zero-order valence-electron chi connectivity index (χ0n) is 15.1. The number of nitrogens with one attached hydrogen (secondary N) is 1. The van der Waals surface area contributed by atoms with E-state index in [0.29, 0.717) is 23.3 Å². The number of benzene rings is 1. The van der Waals surface area contributed by atoms with Gasteiger partial charge in [0.15, 0.2) is 11.3 Å². The first-order chi connectivity index (χ1) is 13.1. The third-order valence-electron chi connectivity index (χ3n) is 5.47. The molecule has 1 saturated carbocycles. The Balaban J connectivity index is 1.60. The van der Waals surface area contributed by atoms with Crippen LogP contribution in [-0.2, 0) is 5.41 Å². The highest BCUT2D eigenvalue weighted by Crippen LogP contribution is 2.41. The summed E-state index contributed by atoms with van der Waals surface area (Å²) >= 11 is 1.67. The van der Waals surface area contributed by atoms with Crippen molar-refractivity contribution in [1.82, 2.24) is 5.32 Å². The lowest BCUT2D eigenvalue weighted by molar-refractivity contribution is 0.0939. The fourth-order valence-electron chi connectivity index (χ4n) is 3.97. The maximum atomic E-state index is 12.7. The van der Waals surface area contributed by atoms with Crippen LogP contribution in [-0.4, -0.2) is 19.6 Å². The van der Waals surface area contributed by atoms with Crippen molar-refractivity contribution in [2.45, 2.75) is 31.1 Å². The lowest BCUT2D eigenvalue weighted by Gasteiger charge is -2.28. The molecule has 1 N–H and O–H groups in total. The SMILES string of the molecule is COc1cccc2cc(C(=O)NCC3(c4ccsc4)CCCC3)c(=O)oc12. The molecule has 4 rings (SSSR count). The van der Waals surface area contributed by atoms with Gasteiger partial charge in [0.25, 0.3) is 5.91 Å². The molecule has 0 bridgehead atoms. The van der Waals surface area contributed by atoms with Crippen LogP contribution in [0.2, 0.25) is 0 Å². The Morgan fingerprint density at radius 2 is 2.11 bits per heavy atom. The van der Waals surface area contributed by atoms with E-state index in [1.807, 2.05) is 0 Å². The minimum Gasteiger partial charge on any atom is -0.493 e. The summed E-state index contributed by atoms with van der Waals surface area (Å²) in [5.41, 5.74) is 0.970. The first kappa shape index (κ1) is 17.8. The van der Waals surface area contributed by atoms with E-state index in [-0.39, 0.29) is 11.0 Å². The lowest BCUT2D eigenvalue weighted by Crippen LogP contribution is -2.40. The lowest BCUT2D eigenvalue weighted by atomic mass is 9.80. The highest BCUT2D eigenvalue weighted by molar-refractivity contribution is 7.08. The van der Waals surface area contributed by atoms with E-state index in [1.54, 1.807) is 35.6 Å². The van der Waals surface area contributed by atoms with Crippen LogP contribution in [0.15, 0.2) is 50.3 Å². The average Bonchev–Trinajstić information content (AvgIpc) is 3.37. The van der Waals surface area contributed by atoms with Gasteiger partial charge in [-0.2, -0.15) is 11.3 Å². The zero-order valence-corrected chi connectivity index (χ0v) is 15.9. The fourth-order valence-corrected chi connectivity index (χ4v) is 4.75. The molecule has 0 atom stereocenters. The van der Waals surface area contributed by atoms with Gasteiger partial charge >= 0.3 is 5.63 Å². The van der Waals surface area contributed by atoms with Crippen molar-refractivity contribution in [1.29, 1.82) is 0 Å². The molecule has 1 fully saturated rings. The average molecular weight is 383 g/mol. The highest BCUT2D eigenvalue weighted by Gasteiger charge is 2.36. The molecule has 0 radical (unpaired) electrons. The number of amides is 1. The third-order valence-corrected chi connectivity index (χ3v) is 6.15. The van der Waals surface area contributed by atoms with Gasteiger partial charge in [-0.3, -0.25) is 4.79 Å². The van der Waals surface area contributed by atoms with Crippen molar-refractivity contribution in [2.75, 3.05) is 13.7 Å². The van der Waals surface area contributed by atoms with Crippen LogP contribution in [0, 0.1) is 0 Å². The molecular weight excluding hydrogens is 362 g/mol. The van der Waals surface area contributed by atoms with Crippen LogP contribution in [0.3, 0.4) is 0 Å². The van der Waals surface area contributed by atoms with E-state index < -0.39 is 11.5 Å². The van der Waals surface area contributed by atoms with E-state index in [9.17, 15) is 9.59 Å². The largest absolute Gasteiger partial charge is 0.493 e. The Morgan fingerprint density at radius 1 is 1.30 bits per heavy atom. The summed E-state index contributed by atoms with van der Waals surface area (Å²) in [6, 6.07) is 9.02. The number of fused-ring (bicyclic) bond motifs is 1. The second-order valence-corrected chi connectivity index (χ2v) is 7.79. The number of carbonyl (C=O) groups is 1. The minimum atomic E-state index is -0.652. The van der Waals surface area contributed by atoms with Crippen molar-refractivity contribution in [3.63, 3.8) is 0 Å². The van der Waals surface area contributed by atoms with Crippen molar-refractivity contribution in [3.05, 3.63) is 62.6 Å². The minimum absolute atomic E-state index is 0.0224. The number of methoxy groups -OCH3 is 1. The molecular formula is C21H21NO4S. The van der Waals surface area contributed by atoms with Crippen LogP contribution in [0.1, 0.15) is 41.6 Å². The van der Waals surface area contributed by atoms with Gasteiger partial charge in [0, 0.05) is 17.3 Å². The maximum Gasteiger partial charge on any atom is 0.349 e. The molecule has 3 aromatic rings. The molecule has 6 heteroatoms. The third kappa shape index (κ3) is 3.25. The second-order valence-electron chi connectivity index (χ2n) is 7.01. The summed E-state index contributed by atoms with van der Waals surface area (Å²) in [5.74, 6) is 0.0777. The van der Waals surface area contributed by atoms with Gasteiger partial charge in [0.05, 0.1) is 7.11 Å². The molecule has 2 aromatic heterocycles. The summed E-state index contributed by atoms with van der Waals surface area (Å²) < 4.78 is 10.6. The van der Waals surface area contributed by atoms with Gasteiger partial charge in [0.1, 0.15) is 5.56 Å². The zero-order chi connectivity index (χ0) is 18.9. The van der Waals surface area contributed by atoms with E-state index in [1.165, 1.54) is 12.7 Å². The number of rotatable bonds is 5. The molecule has 5 nitrogen and oxygen atoms in total.